The number of nitrogens with one attached hydrogen (secondary N) is 1. The smallest absolute Gasteiger partial charge is 0.137 e. The Balaban J connectivity index is 2.06. The summed E-state index contributed by atoms with van der Waals surface area (Å²) in [5.41, 5.74) is 1.07. The van der Waals surface area contributed by atoms with Crippen molar-refractivity contribution in [2.24, 2.45) is 5.92 Å². The fourth-order valence-electron chi connectivity index (χ4n) is 2.71. The van der Waals surface area contributed by atoms with Crippen LogP contribution >= 0.6 is 11.6 Å². The fourth-order valence-corrected chi connectivity index (χ4v) is 2.97. The fraction of sp³-hybridized carbons (Fsp3) is 0.600. The number of halogens is 1. The quantitative estimate of drug-likeness (QED) is 0.918. The maximum absolute atomic E-state index is 6.16. The van der Waals surface area contributed by atoms with Gasteiger partial charge in [0, 0.05) is 24.3 Å². The molecule has 3 unspecified atom stereocenters. The third kappa shape index (κ3) is 3.34. The van der Waals surface area contributed by atoms with Crippen LogP contribution in [0.25, 0.3) is 0 Å². The summed E-state index contributed by atoms with van der Waals surface area (Å²) in [6, 6.07) is 6.99. The third-order valence-electron chi connectivity index (χ3n) is 4.11. The third-order valence-corrected chi connectivity index (χ3v) is 4.41. The van der Waals surface area contributed by atoms with Crippen LogP contribution in [0.4, 0.5) is 5.69 Å². The van der Waals surface area contributed by atoms with Crippen molar-refractivity contribution in [1.29, 1.82) is 0 Å². The highest BCUT2D eigenvalue weighted by molar-refractivity contribution is 6.32. The molecular formula is C15H23ClN2O. The lowest BCUT2D eigenvalue weighted by Gasteiger charge is -2.40. The largest absolute Gasteiger partial charge is 0.495 e. The summed E-state index contributed by atoms with van der Waals surface area (Å²) in [5, 5.41) is 4.26. The normalized spacial score (nSPS) is 28.2. The zero-order chi connectivity index (χ0) is 14.0. The molecule has 0 radical (unpaired) electrons. The average molecular weight is 283 g/mol. The molecule has 1 aliphatic rings. The molecule has 0 saturated carbocycles. The minimum Gasteiger partial charge on any atom is -0.495 e. The van der Waals surface area contributed by atoms with E-state index in [0.717, 1.165) is 24.4 Å². The van der Waals surface area contributed by atoms with Gasteiger partial charge in [0.25, 0.3) is 0 Å². The summed E-state index contributed by atoms with van der Waals surface area (Å²) >= 11 is 6.16. The van der Waals surface area contributed by atoms with Crippen molar-refractivity contribution >= 4 is 17.3 Å². The Hall–Kier alpha value is -0.930. The van der Waals surface area contributed by atoms with Crippen LogP contribution in [0.5, 0.6) is 5.75 Å². The summed E-state index contributed by atoms with van der Waals surface area (Å²) in [6.07, 6.45) is 1.15. The van der Waals surface area contributed by atoms with Crippen molar-refractivity contribution in [1.82, 2.24) is 4.90 Å². The van der Waals surface area contributed by atoms with Crippen molar-refractivity contribution in [3.05, 3.63) is 23.2 Å². The zero-order valence-electron chi connectivity index (χ0n) is 12.1. The van der Waals surface area contributed by atoms with Crippen LogP contribution in [0, 0.1) is 5.92 Å². The molecule has 19 heavy (non-hydrogen) atoms. The summed E-state index contributed by atoms with van der Waals surface area (Å²) in [5.74, 6) is 1.35. The van der Waals surface area contributed by atoms with E-state index in [0.29, 0.717) is 23.0 Å². The number of methoxy groups -OCH3 is 1. The van der Waals surface area contributed by atoms with Crippen molar-refractivity contribution in [3.8, 4) is 5.75 Å². The molecule has 1 aromatic carbocycles. The maximum Gasteiger partial charge on any atom is 0.137 e. The van der Waals surface area contributed by atoms with Crippen molar-refractivity contribution in [3.63, 3.8) is 0 Å². The predicted octanol–water partition coefficient (Wildman–Crippen LogP) is 3.49. The first-order chi connectivity index (χ1) is 9.01. The molecule has 2 rings (SSSR count). The zero-order valence-corrected chi connectivity index (χ0v) is 12.9. The van der Waals surface area contributed by atoms with E-state index in [9.17, 15) is 0 Å². The van der Waals surface area contributed by atoms with Crippen molar-refractivity contribution in [2.75, 3.05) is 26.0 Å². The van der Waals surface area contributed by atoms with Crippen molar-refractivity contribution in [2.45, 2.75) is 32.4 Å². The highest BCUT2D eigenvalue weighted by Crippen LogP contribution is 2.30. The van der Waals surface area contributed by atoms with Crippen LogP contribution < -0.4 is 10.1 Å². The van der Waals surface area contributed by atoms with Gasteiger partial charge < -0.3 is 15.0 Å². The maximum atomic E-state index is 6.16. The summed E-state index contributed by atoms with van der Waals surface area (Å²) in [6.45, 7) is 5.70. The molecule has 0 aromatic heterocycles. The van der Waals surface area contributed by atoms with E-state index in [2.05, 4.69) is 31.1 Å². The van der Waals surface area contributed by atoms with Crippen LogP contribution in [0.15, 0.2) is 18.2 Å². The number of hydrogen-bond donors (Lipinski definition) is 1. The molecule has 1 aromatic rings. The van der Waals surface area contributed by atoms with Gasteiger partial charge >= 0.3 is 0 Å². The first kappa shape index (κ1) is 14.5. The van der Waals surface area contributed by atoms with Gasteiger partial charge in [0.1, 0.15) is 5.75 Å². The lowest BCUT2D eigenvalue weighted by molar-refractivity contribution is 0.145. The van der Waals surface area contributed by atoms with Gasteiger partial charge in [-0.1, -0.05) is 18.5 Å². The molecule has 3 nitrogen and oxygen atoms in total. The second-order valence-electron chi connectivity index (χ2n) is 5.60. The van der Waals surface area contributed by atoms with Gasteiger partial charge in [-0.3, -0.25) is 0 Å². The summed E-state index contributed by atoms with van der Waals surface area (Å²) in [7, 11) is 3.83. The van der Waals surface area contributed by atoms with Gasteiger partial charge in [0.15, 0.2) is 0 Å². The highest BCUT2D eigenvalue weighted by atomic mass is 35.5. The number of anilines is 1. The number of nitrogens with zero attached hydrogens (tertiary/aromatic N) is 1. The number of benzene rings is 1. The van der Waals surface area contributed by atoms with E-state index >= 15 is 0 Å². The van der Waals surface area contributed by atoms with E-state index in [4.69, 9.17) is 16.3 Å². The highest BCUT2D eigenvalue weighted by Gasteiger charge is 2.28. The lowest BCUT2D eigenvalue weighted by Crippen LogP contribution is -2.48. The Labute approximate surface area is 120 Å². The van der Waals surface area contributed by atoms with E-state index < -0.39 is 0 Å². The van der Waals surface area contributed by atoms with Crippen LogP contribution in [-0.2, 0) is 0 Å². The molecule has 0 aliphatic carbocycles. The Kier molecular flexibility index (Phi) is 4.58. The first-order valence-corrected chi connectivity index (χ1v) is 7.19. The van der Waals surface area contributed by atoms with Crippen LogP contribution in [0.3, 0.4) is 0 Å². The topological polar surface area (TPSA) is 24.5 Å². The number of hydrogen-bond acceptors (Lipinski definition) is 3. The number of piperidine rings is 1. The molecule has 1 saturated heterocycles. The second kappa shape index (κ2) is 6.02. The van der Waals surface area contributed by atoms with Crippen LogP contribution in [-0.4, -0.2) is 37.7 Å². The Morgan fingerprint density at radius 2 is 2.11 bits per heavy atom. The molecule has 0 amide bonds. The molecule has 1 fully saturated rings. The molecule has 1 N–H and O–H groups in total. The average Bonchev–Trinajstić information content (AvgIpc) is 2.36. The number of rotatable bonds is 3. The lowest BCUT2D eigenvalue weighted by atomic mass is 9.89. The van der Waals surface area contributed by atoms with Crippen LogP contribution in [0.1, 0.15) is 20.3 Å². The van der Waals surface area contributed by atoms with Gasteiger partial charge in [-0.15, -0.1) is 0 Å². The Bertz CT molecular complexity index is 438. The molecule has 1 heterocycles. The second-order valence-corrected chi connectivity index (χ2v) is 6.01. The molecule has 1 aliphatic heterocycles. The molecule has 0 bridgehead atoms. The number of likely N-dealkylation sites (tertiary alicyclic amines) is 1. The number of ether oxygens (including phenoxy) is 1. The van der Waals surface area contributed by atoms with Gasteiger partial charge in [-0.25, -0.2) is 0 Å². The van der Waals surface area contributed by atoms with Crippen LogP contribution in [0.2, 0.25) is 5.02 Å². The monoisotopic (exact) mass is 282 g/mol. The van der Waals surface area contributed by atoms with Gasteiger partial charge in [0.05, 0.1) is 12.1 Å². The van der Waals surface area contributed by atoms with E-state index in [-0.39, 0.29) is 0 Å². The minimum atomic E-state index is 0.496. The summed E-state index contributed by atoms with van der Waals surface area (Å²) in [4.78, 5) is 2.42. The molecular weight excluding hydrogens is 260 g/mol. The Morgan fingerprint density at radius 3 is 2.74 bits per heavy atom. The van der Waals surface area contributed by atoms with E-state index in [1.54, 1.807) is 7.11 Å². The van der Waals surface area contributed by atoms with Crippen molar-refractivity contribution < 1.29 is 4.74 Å². The molecule has 4 heteroatoms. The molecule has 106 valence electrons. The van der Waals surface area contributed by atoms with Gasteiger partial charge in [-0.05, 0) is 44.5 Å². The first-order valence-electron chi connectivity index (χ1n) is 6.81. The molecule has 3 atom stereocenters. The standard InChI is InChI=1S/C15H23ClN2O/c1-10-9-18(3)11(2)7-14(10)17-12-5-6-15(19-4)13(16)8-12/h5-6,8,10-11,14,17H,7,9H2,1-4H3. The molecule has 0 spiro atoms. The minimum absolute atomic E-state index is 0.496. The van der Waals surface area contributed by atoms with Gasteiger partial charge in [0.2, 0.25) is 0 Å². The van der Waals surface area contributed by atoms with Gasteiger partial charge in [-0.2, -0.15) is 0 Å². The summed E-state index contributed by atoms with van der Waals surface area (Å²) < 4.78 is 5.18. The predicted molar refractivity (Wildman–Crippen MR) is 81.3 cm³/mol. The van der Waals surface area contributed by atoms with E-state index in [1.807, 2.05) is 18.2 Å². The SMILES string of the molecule is COc1ccc(NC2CC(C)N(C)CC2C)cc1Cl. The van der Waals surface area contributed by atoms with E-state index in [1.165, 1.54) is 0 Å². The Morgan fingerprint density at radius 1 is 1.37 bits per heavy atom.